The smallest absolute Gasteiger partial charge is 0.254 e. The zero-order chi connectivity index (χ0) is 15.0. The number of hydrogen-bond acceptors (Lipinski definition) is 4. The Bertz CT molecular complexity index is 643. The summed E-state index contributed by atoms with van der Waals surface area (Å²) in [6, 6.07) is 5.59. The van der Waals surface area contributed by atoms with E-state index >= 15 is 0 Å². The van der Waals surface area contributed by atoms with Crippen molar-refractivity contribution in [2.24, 2.45) is 5.92 Å². The predicted molar refractivity (Wildman–Crippen MR) is 81.5 cm³/mol. The van der Waals surface area contributed by atoms with Gasteiger partial charge < -0.3 is 14.8 Å². The normalized spacial score (nSPS) is 17.5. The summed E-state index contributed by atoms with van der Waals surface area (Å²) in [4.78, 5) is 13.2. The van der Waals surface area contributed by atoms with Crippen molar-refractivity contribution >= 4 is 17.2 Å². The number of aryl methyl sites for hydroxylation is 2. The molecular weight excluding hydrogens is 286 g/mol. The number of hydrogen-bond donors (Lipinski definition) is 2. The lowest BCUT2D eigenvalue weighted by molar-refractivity contribution is 0.0169. The second kappa shape index (κ2) is 5.31. The Morgan fingerprint density at radius 1 is 1.52 bits per heavy atom. The summed E-state index contributed by atoms with van der Waals surface area (Å²) >= 11 is 1.53. The molecule has 1 aliphatic rings. The van der Waals surface area contributed by atoms with Gasteiger partial charge in [-0.25, -0.2) is 0 Å². The van der Waals surface area contributed by atoms with Gasteiger partial charge in [-0.1, -0.05) is 6.07 Å². The highest BCUT2D eigenvalue weighted by Crippen LogP contribution is 2.46. The fourth-order valence-electron chi connectivity index (χ4n) is 2.68. The molecule has 1 aliphatic carbocycles. The maximum Gasteiger partial charge on any atom is 0.254 e. The summed E-state index contributed by atoms with van der Waals surface area (Å²) in [7, 11) is 0. The van der Waals surface area contributed by atoms with Crippen LogP contribution in [-0.2, 0) is 5.60 Å². The van der Waals surface area contributed by atoms with Crippen LogP contribution in [0.2, 0.25) is 0 Å². The average Bonchev–Trinajstić information content (AvgIpc) is 3.05. The van der Waals surface area contributed by atoms with E-state index in [1.807, 2.05) is 24.4 Å². The van der Waals surface area contributed by atoms with Crippen molar-refractivity contribution < 1.29 is 14.3 Å². The largest absolute Gasteiger partial charge is 0.466 e. The SMILES string of the molecule is Cc1cc(C(=O)NCC(O)(c2cccs2)C2CC2)c(C)o1. The van der Waals surface area contributed by atoms with Crippen molar-refractivity contribution in [1.29, 1.82) is 0 Å². The third-order valence-corrected chi connectivity index (χ3v) is 5.04. The maximum absolute atomic E-state index is 12.3. The van der Waals surface area contributed by atoms with Gasteiger partial charge in [0.1, 0.15) is 17.1 Å². The Morgan fingerprint density at radius 2 is 2.29 bits per heavy atom. The van der Waals surface area contributed by atoms with Crippen molar-refractivity contribution in [2.75, 3.05) is 6.54 Å². The highest BCUT2D eigenvalue weighted by atomic mass is 32.1. The molecular formula is C16H19NO3S. The molecule has 4 nitrogen and oxygen atoms in total. The molecule has 1 amide bonds. The van der Waals surface area contributed by atoms with Gasteiger partial charge in [0.2, 0.25) is 0 Å². The second-order valence-electron chi connectivity index (χ2n) is 5.69. The lowest BCUT2D eigenvalue weighted by atomic mass is 9.95. The number of thiophene rings is 1. The Hall–Kier alpha value is -1.59. The van der Waals surface area contributed by atoms with E-state index in [0.717, 1.165) is 17.7 Å². The van der Waals surface area contributed by atoms with Crippen molar-refractivity contribution in [3.8, 4) is 0 Å². The molecule has 0 radical (unpaired) electrons. The molecule has 1 saturated carbocycles. The van der Waals surface area contributed by atoms with Gasteiger partial charge in [-0.15, -0.1) is 11.3 Å². The molecule has 1 atom stereocenters. The van der Waals surface area contributed by atoms with Crippen LogP contribution in [0.1, 0.15) is 39.6 Å². The molecule has 1 fully saturated rings. The van der Waals surface area contributed by atoms with Crippen molar-refractivity contribution in [2.45, 2.75) is 32.3 Å². The van der Waals surface area contributed by atoms with Crippen LogP contribution in [0.4, 0.5) is 0 Å². The van der Waals surface area contributed by atoms with E-state index in [9.17, 15) is 9.90 Å². The molecule has 2 N–H and O–H groups in total. The van der Waals surface area contributed by atoms with Gasteiger partial charge in [-0.3, -0.25) is 4.79 Å². The molecule has 21 heavy (non-hydrogen) atoms. The number of carbonyl (C=O) groups excluding carboxylic acids is 1. The molecule has 1 unspecified atom stereocenters. The summed E-state index contributed by atoms with van der Waals surface area (Å²) < 4.78 is 5.38. The molecule has 0 aliphatic heterocycles. The Kier molecular flexibility index (Phi) is 3.63. The Labute approximate surface area is 127 Å². The van der Waals surface area contributed by atoms with Crippen molar-refractivity contribution in [3.05, 3.63) is 45.5 Å². The summed E-state index contributed by atoms with van der Waals surface area (Å²) in [6.07, 6.45) is 2.02. The van der Waals surface area contributed by atoms with E-state index in [0.29, 0.717) is 17.1 Å². The number of amides is 1. The minimum absolute atomic E-state index is 0.194. The quantitative estimate of drug-likeness (QED) is 0.892. The van der Waals surface area contributed by atoms with E-state index in [-0.39, 0.29) is 18.4 Å². The Balaban J connectivity index is 1.73. The van der Waals surface area contributed by atoms with Crippen LogP contribution in [0.3, 0.4) is 0 Å². The second-order valence-corrected chi connectivity index (χ2v) is 6.63. The van der Waals surface area contributed by atoms with Crippen LogP contribution in [-0.4, -0.2) is 17.6 Å². The van der Waals surface area contributed by atoms with Crippen LogP contribution in [0, 0.1) is 19.8 Å². The third kappa shape index (κ3) is 2.76. The highest BCUT2D eigenvalue weighted by molar-refractivity contribution is 7.10. The number of carbonyl (C=O) groups is 1. The average molecular weight is 305 g/mol. The first kappa shape index (κ1) is 14.4. The molecule has 0 spiro atoms. The van der Waals surface area contributed by atoms with E-state index in [1.165, 1.54) is 11.3 Å². The Morgan fingerprint density at radius 3 is 2.81 bits per heavy atom. The van der Waals surface area contributed by atoms with Gasteiger partial charge in [0.25, 0.3) is 5.91 Å². The summed E-state index contributed by atoms with van der Waals surface area (Å²) in [5.74, 6) is 1.37. The molecule has 2 aromatic heterocycles. The van der Waals surface area contributed by atoms with Crippen molar-refractivity contribution in [1.82, 2.24) is 5.32 Å². The lowest BCUT2D eigenvalue weighted by Gasteiger charge is -2.27. The van der Waals surface area contributed by atoms with Gasteiger partial charge in [-0.05, 0) is 50.1 Å². The van der Waals surface area contributed by atoms with Gasteiger partial charge in [0.15, 0.2) is 0 Å². The van der Waals surface area contributed by atoms with E-state index in [2.05, 4.69) is 5.32 Å². The predicted octanol–water partition coefficient (Wildman–Crippen LogP) is 2.99. The van der Waals surface area contributed by atoms with Gasteiger partial charge >= 0.3 is 0 Å². The van der Waals surface area contributed by atoms with Gasteiger partial charge in [0, 0.05) is 4.88 Å². The van der Waals surface area contributed by atoms with E-state index in [4.69, 9.17) is 4.42 Å². The topological polar surface area (TPSA) is 62.5 Å². The summed E-state index contributed by atoms with van der Waals surface area (Å²) in [5.41, 5.74) is -0.409. The minimum Gasteiger partial charge on any atom is -0.466 e. The highest BCUT2D eigenvalue weighted by Gasteiger charge is 2.46. The fraction of sp³-hybridized carbons (Fsp3) is 0.438. The summed E-state index contributed by atoms with van der Waals surface area (Å²) in [5, 5.41) is 15.8. The molecule has 0 bridgehead atoms. The van der Waals surface area contributed by atoms with E-state index in [1.54, 1.807) is 13.0 Å². The lowest BCUT2D eigenvalue weighted by Crippen LogP contribution is -2.42. The molecule has 112 valence electrons. The first-order valence-corrected chi connectivity index (χ1v) is 8.00. The van der Waals surface area contributed by atoms with Crippen LogP contribution in [0.25, 0.3) is 0 Å². The number of furan rings is 1. The number of nitrogens with one attached hydrogen (secondary N) is 1. The first-order chi connectivity index (χ1) is 10.0. The molecule has 0 saturated heterocycles. The summed E-state index contributed by atoms with van der Waals surface area (Å²) in [6.45, 7) is 3.82. The van der Waals surface area contributed by atoms with Gasteiger partial charge in [0.05, 0.1) is 12.1 Å². The number of aliphatic hydroxyl groups is 1. The van der Waals surface area contributed by atoms with Crippen molar-refractivity contribution in [3.63, 3.8) is 0 Å². The van der Waals surface area contributed by atoms with Crippen LogP contribution < -0.4 is 5.32 Å². The maximum atomic E-state index is 12.3. The zero-order valence-electron chi connectivity index (χ0n) is 12.2. The van der Waals surface area contributed by atoms with Crippen LogP contribution in [0.15, 0.2) is 28.0 Å². The standard InChI is InChI=1S/C16H19NO3S/c1-10-8-13(11(2)20-10)15(18)17-9-16(19,12-5-6-12)14-4-3-7-21-14/h3-4,7-8,12,19H,5-6,9H2,1-2H3,(H,17,18). The van der Waals surface area contributed by atoms with Gasteiger partial charge in [-0.2, -0.15) is 0 Å². The monoisotopic (exact) mass is 305 g/mol. The zero-order valence-corrected chi connectivity index (χ0v) is 13.0. The van der Waals surface area contributed by atoms with Crippen LogP contribution in [0.5, 0.6) is 0 Å². The molecule has 3 rings (SSSR count). The minimum atomic E-state index is -0.948. The molecule has 0 aromatic carbocycles. The first-order valence-electron chi connectivity index (χ1n) is 7.12. The molecule has 2 heterocycles. The van der Waals surface area contributed by atoms with Crippen LogP contribution >= 0.6 is 11.3 Å². The molecule has 2 aromatic rings. The molecule has 5 heteroatoms. The van der Waals surface area contributed by atoms with E-state index < -0.39 is 5.60 Å². The third-order valence-electron chi connectivity index (χ3n) is 4.00. The fourth-order valence-corrected chi connectivity index (χ4v) is 3.59. The number of rotatable bonds is 5.